The molecule has 5 rings (SSSR count). The van der Waals surface area contributed by atoms with Crippen molar-refractivity contribution in [3.05, 3.63) is 41.5 Å². The van der Waals surface area contributed by atoms with Crippen molar-refractivity contribution in [3.63, 3.8) is 0 Å². The largest absolute Gasteiger partial charge is 0.573 e. The lowest BCUT2D eigenvalue weighted by atomic mass is 9.64. The van der Waals surface area contributed by atoms with Crippen LogP contribution in [-0.4, -0.2) is 59.9 Å². The Labute approximate surface area is 216 Å². The maximum Gasteiger partial charge on any atom is 0.573 e. The van der Waals surface area contributed by atoms with Crippen LogP contribution in [0.15, 0.2) is 24.3 Å². The van der Waals surface area contributed by atoms with Gasteiger partial charge in [-0.15, -0.1) is 13.2 Å². The van der Waals surface area contributed by atoms with Crippen molar-refractivity contribution >= 4 is 11.6 Å². The number of benzene rings is 1. The Kier molecular flexibility index (Phi) is 7.38. The van der Waals surface area contributed by atoms with Crippen LogP contribution in [0.4, 0.5) is 18.9 Å². The first-order valence-corrected chi connectivity index (χ1v) is 13.4. The number of anilines is 1. The average Bonchev–Trinajstić information content (AvgIpc) is 3.21. The number of imidazole rings is 1. The van der Waals surface area contributed by atoms with Gasteiger partial charge in [0.2, 0.25) is 0 Å². The number of amides is 1. The number of fused-ring (bicyclic) bond motifs is 1. The summed E-state index contributed by atoms with van der Waals surface area (Å²) in [5.74, 6) is 2.51. The molecular formula is C27H36F3N5O2. The number of aromatic nitrogens is 2. The third kappa shape index (κ3) is 5.73. The van der Waals surface area contributed by atoms with Crippen LogP contribution in [0, 0.1) is 17.8 Å². The van der Waals surface area contributed by atoms with E-state index in [1.807, 2.05) is 6.92 Å². The van der Waals surface area contributed by atoms with Crippen LogP contribution in [0.25, 0.3) is 0 Å². The highest BCUT2D eigenvalue weighted by atomic mass is 19.4. The van der Waals surface area contributed by atoms with E-state index in [1.165, 1.54) is 18.6 Å². The van der Waals surface area contributed by atoms with E-state index in [2.05, 4.69) is 31.5 Å². The van der Waals surface area contributed by atoms with E-state index < -0.39 is 6.36 Å². The van der Waals surface area contributed by atoms with Gasteiger partial charge in [-0.05, 0) is 81.2 Å². The number of carbonyl (C=O) groups is 1. The molecule has 1 saturated carbocycles. The van der Waals surface area contributed by atoms with Gasteiger partial charge in [-0.3, -0.25) is 9.69 Å². The monoisotopic (exact) mass is 519 g/mol. The third-order valence-electron chi connectivity index (χ3n) is 8.37. The number of halogens is 3. The van der Waals surface area contributed by atoms with Crippen molar-refractivity contribution in [1.29, 1.82) is 0 Å². The summed E-state index contributed by atoms with van der Waals surface area (Å²) in [4.78, 5) is 22.4. The summed E-state index contributed by atoms with van der Waals surface area (Å²) < 4.78 is 43.3. The number of aryl methyl sites for hydroxylation is 1. The number of carbonyl (C=O) groups excluding carboxylic acids is 1. The zero-order valence-electron chi connectivity index (χ0n) is 21.6. The van der Waals surface area contributed by atoms with Crippen molar-refractivity contribution in [2.24, 2.45) is 17.8 Å². The van der Waals surface area contributed by atoms with Crippen molar-refractivity contribution in [1.82, 2.24) is 19.8 Å². The predicted molar refractivity (Wildman–Crippen MR) is 135 cm³/mol. The van der Waals surface area contributed by atoms with Gasteiger partial charge >= 0.3 is 6.36 Å². The molecule has 2 aliphatic heterocycles. The molecule has 1 aromatic carbocycles. The van der Waals surface area contributed by atoms with Crippen molar-refractivity contribution in [2.75, 3.05) is 38.1 Å². The number of rotatable bonds is 7. The van der Waals surface area contributed by atoms with E-state index in [1.54, 1.807) is 12.1 Å². The van der Waals surface area contributed by atoms with Crippen LogP contribution < -0.4 is 15.0 Å². The van der Waals surface area contributed by atoms with Crippen molar-refractivity contribution in [3.8, 4) is 5.75 Å². The second kappa shape index (κ2) is 10.6. The Morgan fingerprint density at radius 2 is 1.81 bits per heavy atom. The molecular weight excluding hydrogens is 483 g/mol. The summed E-state index contributed by atoms with van der Waals surface area (Å²) in [5, 5.41) is 3.23. The molecule has 0 spiro atoms. The Balaban J connectivity index is 1.12. The maximum atomic E-state index is 13.2. The van der Waals surface area contributed by atoms with Gasteiger partial charge in [0.25, 0.3) is 5.91 Å². The first-order valence-electron chi connectivity index (χ1n) is 13.4. The number of alkyl halides is 3. The molecule has 10 heteroatoms. The van der Waals surface area contributed by atoms with Gasteiger partial charge in [0.15, 0.2) is 0 Å². The minimum atomic E-state index is -4.67. The van der Waals surface area contributed by atoms with Crippen LogP contribution in [0.5, 0.6) is 5.75 Å². The number of ether oxygens (including phenoxy) is 1. The first-order chi connectivity index (χ1) is 17.7. The topological polar surface area (TPSA) is 62.6 Å². The Hall–Kier alpha value is -2.75. The SMILES string of the molecule is CCc1nc2n(c1C(=O)NCC1CCC1C1CCN(c3ccc(OC(F)(F)F)cc3)CC1)CCN(C)C2. The van der Waals surface area contributed by atoms with E-state index >= 15 is 0 Å². The Morgan fingerprint density at radius 3 is 2.43 bits per heavy atom. The Bertz CT molecular complexity index is 1090. The van der Waals surface area contributed by atoms with Crippen molar-refractivity contribution in [2.45, 2.75) is 58.5 Å². The summed E-state index contributed by atoms with van der Waals surface area (Å²) in [6.07, 6.45) is 0.519. The number of hydrogen-bond acceptors (Lipinski definition) is 5. The minimum absolute atomic E-state index is 0.00132. The van der Waals surface area contributed by atoms with E-state index in [9.17, 15) is 18.0 Å². The molecule has 1 amide bonds. The van der Waals surface area contributed by atoms with Crippen LogP contribution >= 0.6 is 0 Å². The molecule has 1 saturated heterocycles. The second-order valence-electron chi connectivity index (χ2n) is 10.6. The van der Waals surface area contributed by atoms with Gasteiger partial charge in [-0.2, -0.15) is 0 Å². The van der Waals surface area contributed by atoms with Gasteiger partial charge < -0.3 is 19.5 Å². The normalized spacial score (nSPS) is 22.9. The lowest BCUT2D eigenvalue weighted by Gasteiger charge is -2.45. The van der Waals surface area contributed by atoms with Gasteiger partial charge in [0, 0.05) is 38.4 Å². The molecule has 7 nitrogen and oxygen atoms in total. The smallest absolute Gasteiger partial charge is 0.406 e. The van der Waals surface area contributed by atoms with Crippen LogP contribution in [-0.2, 0) is 19.5 Å². The highest BCUT2D eigenvalue weighted by molar-refractivity contribution is 5.94. The summed E-state index contributed by atoms with van der Waals surface area (Å²) in [6.45, 7) is 7.01. The standard InChI is InChI=1S/C27H36F3N5O2/c1-3-23-25(35-15-14-33(2)17-24(35)32-23)26(36)31-16-19-4-9-22(19)18-10-12-34(13-11-18)20-5-7-21(8-6-20)37-27(28,29)30/h5-8,18-19,22H,3-4,9-17H2,1-2H3,(H,31,36). The van der Waals surface area contributed by atoms with E-state index in [0.717, 1.165) is 81.3 Å². The molecule has 2 aromatic rings. The second-order valence-corrected chi connectivity index (χ2v) is 10.6. The number of likely N-dealkylation sites (N-methyl/N-ethyl adjacent to an activating group) is 1. The number of piperidine rings is 1. The summed E-state index contributed by atoms with van der Waals surface area (Å²) in [5.41, 5.74) is 2.55. The van der Waals surface area contributed by atoms with Gasteiger partial charge in [-0.25, -0.2) is 4.98 Å². The molecule has 1 aromatic heterocycles. The van der Waals surface area contributed by atoms with E-state index in [0.29, 0.717) is 24.3 Å². The number of hydrogen-bond donors (Lipinski definition) is 1. The van der Waals surface area contributed by atoms with E-state index in [4.69, 9.17) is 4.98 Å². The fourth-order valence-corrected chi connectivity index (χ4v) is 6.23. The molecule has 2 unspecified atom stereocenters. The summed E-state index contributed by atoms with van der Waals surface area (Å²) in [6, 6.07) is 6.14. The number of nitrogens with one attached hydrogen (secondary N) is 1. The summed E-state index contributed by atoms with van der Waals surface area (Å²) >= 11 is 0. The lowest BCUT2D eigenvalue weighted by Crippen LogP contribution is -2.45. The fraction of sp³-hybridized carbons (Fsp3) is 0.630. The maximum absolute atomic E-state index is 13.2. The highest BCUT2D eigenvalue weighted by Gasteiger charge is 2.38. The highest BCUT2D eigenvalue weighted by Crippen LogP contribution is 2.44. The molecule has 1 aliphatic carbocycles. The van der Waals surface area contributed by atoms with Gasteiger partial charge in [-0.1, -0.05) is 6.92 Å². The molecule has 2 fully saturated rings. The van der Waals surface area contributed by atoms with Crippen LogP contribution in [0.2, 0.25) is 0 Å². The van der Waals surface area contributed by atoms with Crippen molar-refractivity contribution < 1.29 is 22.7 Å². The predicted octanol–water partition coefficient (Wildman–Crippen LogP) is 4.46. The van der Waals surface area contributed by atoms with Crippen LogP contribution in [0.3, 0.4) is 0 Å². The molecule has 0 radical (unpaired) electrons. The van der Waals surface area contributed by atoms with Gasteiger partial charge in [0.1, 0.15) is 17.3 Å². The zero-order valence-corrected chi connectivity index (χ0v) is 21.6. The van der Waals surface area contributed by atoms with E-state index in [-0.39, 0.29) is 11.7 Å². The molecule has 37 heavy (non-hydrogen) atoms. The number of nitrogens with zero attached hydrogens (tertiary/aromatic N) is 4. The molecule has 2 atom stereocenters. The zero-order chi connectivity index (χ0) is 26.2. The quantitative estimate of drug-likeness (QED) is 0.585. The third-order valence-corrected chi connectivity index (χ3v) is 8.37. The van der Waals surface area contributed by atoms with Crippen LogP contribution in [0.1, 0.15) is 54.6 Å². The van der Waals surface area contributed by atoms with Gasteiger partial charge in [0.05, 0.1) is 12.2 Å². The average molecular weight is 520 g/mol. The fourth-order valence-electron chi connectivity index (χ4n) is 6.23. The molecule has 3 aliphatic rings. The molecule has 202 valence electrons. The Morgan fingerprint density at radius 1 is 1.08 bits per heavy atom. The molecule has 3 heterocycles. The molecule has 1 N–H and O–H groups in total. The first kappa shape index (κ1) is 25.9. The lowest BCUT2D eigenvalue weighted by molar-refractivity contribution is -0.274. The molecule has 0 bridgehead atoms. The summed E-state index contributed by atoms with van der Waals surface area (Å²) in [7, 11) is 2.08. The minimum Gasteiger partial charge on any atom is -0.406 e.